The highest BCUT2D eigenvalue weighted by Crippen LogP contribution is 2.09. The van der Waals surface area contributed by atoms with Crippen molar-refractivity contribution in [3.8, 4) is 0 Å². The Morgan fingerprint density at radius 3 is 2.43 bits per heavy atom. The number of urea groups is 1. The van der Waals surface area contributed by atoms with Crippen LogP contribution in [0, 0.1) is 11.6 Å². The molecule has 0 unspecified atom stereocenters. The number of halogens is 2. The minimum Gasteiger partial charge on any atom is -0.307 e. The molecule has 2 aromatic rings. The van der Waals surface area contributed by atoms with E-state index in [1.54, 1.807) is 31.2 Å². The van der Waals surface area contributed by atoms with Crippen LogP contribution in [0.3, 0.4) is 0 Å². The fourth-order valence-electron chi connectivity index (χ4n) is 1.60. The van der Waals surface area contributed by atoms with Gasteiger partial charge < -0.3 is 5.32 Å². The highest BCUT2D eigenvalue weighted by Gasteiger charge is 2.05. The van der Waals surface area contributed by atoms with Crippen LogP contribution in [0.15, 0.2) is 53.6 Å². The number of hydrogen-bond acceptors (Lipinski definition) is 2. The lowest BCUT2D eigenvalue weighted by Gasteiger charge is -2.05. The zero-order chi connectivity index (χ0) is 15.2. The summed E-state index contributed by atoms with van der Waals surface area (Å²) in [5, 5.41) is 6.40. The third kappa shape index (κ3) is 4.10. The molecule has 4 nitrogen and oxygen atoms in total. The minimum absolute atomic E-state index is 0.358. The van der Waals surface area contributed by atoms with E-state index in [-0.39, 0.29) is 0 Å². The zero-order valence-corrected chi connectivity index (χ0v) is 11.2. The molecule has 0 aliphatic rings. The van der Waals surface area contributed by atoms with Crippen LogP contribution < -0.4 is 10.7 Å². The first-order valence-electron chi connectivity index (χ1n) is 6.18. The van der Waals surface area contributed by atoms with Crippen molar-refractivity contribution in [2.45, 2.75) is 6.92 Å². The Balaban J connectivity index is 1.99. The molecular weight excluding hydrogens is 276 g/mol. The second-order valence-electron chi connectivity index (χ2n) is 4.26. The van der Waals surface area contributed by atoms with Gasteiger partial charge in [0.25, 0.3) is 0 Å². The van der Waals surface area contributed by atoms with Crippen molar-refractivity contribution in [1.82, 2.24) is 5.43 Å². The van der Waals surface area contributed by atoms with Crippen molar-refractivity contribution in [2.75, 3.05) is 5.32 Å². The molecule has 6 heteroatoms. The van der Waals surface area contributed by atoms with E-state index < -0.39 is 17.7 Å². The SMILES string of the molecule is C/C(=N/NC(=O)Nc1ccccc1)c1ccc(F)c(F)c1. The zero-order valence-electron chi connectivity index (χ0n) is 11.2. The number of hydrazone groups is 1. The number of carbonyl (C=O) groups is 1. The summed E-state index contributed by atoms with van der Waals surface area (Å²) in [6, 6.07) is 11.7. The van der Waals surface area contributed by atoms with Crippen molar-refractivity contribution < 1.29 is 13.6 Å². The number of anilines is 1. The molecule has 0 radical (unpaired) electrons. The van der Waals surface area contributed by atoms with E-state index in [0.717, 1.165) is 12.1 Å². The summed E-state index contributed by atoms with van der Waals surface area (Å²) >= 11 is 0. The molecule has 0 saturated heterocycles. The van der Waals surface area contributed by atoms with Gasteiger partial charge in [-0.05, 0) is 37.3 Å². The lowest BCUT2D eigenvalue weighted by atomic mass is 10.1. The van der Waals surface area contributed by atoms with Crippen molar-refractivity contribution in [3.05, 3.63) is 65.7 Å². The summed E-state index contributed by atoms with van der Waals surface area (Å²) < 4.78 is 25.9. The van der Waals surface area contributed by atoms with Gasteiger partial charge in [-0.15, -0.1) is 0 Å². The lowest BCUT2D eigenvalue weighted by molar-refractivity contribution is 0.252. The van der Waals surface area contributed by atoms with Crippen LogP contribution in [0.4, 0.5) is 19.3 Å². The van der Waals surface area contributed by atoms with Gasteiger partial charge in [0.1, 0.15) is 0 Å². The third-order valence-corrected chi connectivity index (χ3v) is 2.69. The first kappa shape index (κ1) is 14.6. The van der Waals surface area contributed by atoms with E-state index in [1.165, 1.54) is 6.07 Å². The molecule has 108 valence electrons. The van der Waals surface area contributed by atoms with Crippen LogP contribution in [0.5, 0.6) is 0 Å². The standard InChI is InChI=1S/C15H13F2N3O/c1-10(11-7-8-13(16)14(17)9-11)19-20-15(21)18-12-5-3-2-4-6-12/h2-9H,1H3,(H2,18,20,21)/b19-10-. The number of benzene rings is 2. The van der Waals surface area contributed by atoms with Gasteiger partial charge in [0, 0.05) is 11.3 Å². The second kappa shape index (κ2) is 6.60. The van der Waals surface area contributed by atoms with Gasteiger partial charge in [-0.1, -0.05) is 18.2 Å². The maximum absolute atomic E-state index is 13.1. The Hall–Kier alpha value is -2.76. The number of amides is 2. The van der Waals surface area contributed by atoms with Crippen LogP contribution in [0.1, 0.15) is 12.5 Å². The molecule has 2 amide bonds. The maximum atomic E-state index is 13.1. The fourth-order valence-corrected chi connectivity index (χ4v) is 1.60. The molecule has 0 spiro atoms. The number of carbonyl (C=O) groups excluding carboxylic acids is 1. The van der Waals surface area contributed by atoms with Crippen LogP contribution in [-0.4, -0.2) is 11.7 Å². The number of nitrogens with one attached hydrogen (secondary N) is 2. The highest BCUT2D eigenvalue weighted by molar-refractivity contribution is 5.99. The van der Waals surface area contributed by atoms with Crippen LogP contribution >= 0.6 is 0 Å². The van der Waals surface area contributed by atoms with E-state index >= 15 is 0 Å². The quantitative estimate of drug-likeness (QED) is 0.659. The van der Waals surface area contributed by atoms with E-state index in [1.807, 2.05) is 6.07 Å². The fraction of sp³-hybridized carbons (Fsp3) is 0.0667. The molecule has 0 bridgehead atoms. The molecular formula is C15H13F2N3O. The normalized spacial score (nSPS) is 11.1. The predicted octanol–water partition coefficient (Wildman–Crippen LogP) is 3.51. The van der Waals surface area contributed by atoms with E-state index in [0.29, 0.717) is 17.0 Å². The summed E-state index contributed by atoms with van der Waals surface area (Å²) in [5.41, 5.74) is 3.65. The molecule has 0 fully saturated rings. The number of para-hydroxylation sites is 1. The van der Waals surface area contributed by atoms with Crippen molar-refractivity contribution >= 4 is 17.4 Å². The Kier molecular flexibility index (Phi) is 4.61. The molecule has 0 saturated carbocycles. The van der Waals surface area contributed by atoms with Gasteiger partial charge in [-0.25, -0.2) is 19.0 Å². The summed E-state index contributed by atoms with van der Waals surface area (Å²) in [4.78, 5) is 11.6. The van der Waals surface area contributed by atoms with E-state index in [2.05, 4.69) is 15.8 Å². The Morgan fingerprint density at radius 1 is 1.05 bits per heavy atom. The second-order valence-corrected chi connectivity index (χ2v) is 4.26. The van der Waals surface area contributed by atoms with Crippen LogP contribution in [0.25, 0.3) is 0 Å². The monoisotopic (exact) mass is 289 g/mol. The van der Waals surface area contributed by atoms with Crippen LogP contribution in [0.2, 0.25) is 0 Å². The summed E-state index contributed by atoms with van der Waals surface area (Å²) in [5.74, 6) is -1.89. The van der Waals surface area contributed by atoms with Crippen LogP contribution in [-0.2, 0) is 0 Å². The van der Waals surface area contributed by atoms with Gasteiger partial charge in [0.15, 0.2) is 11.6 Å². The summed E-state index contributed by atoms with van der Waals surface area (Å²) in [7, 11) is 0. The molecule has 0 atom stereocenters. The Bertz CT molecular complexity index is 672. The highest BCUT2D eigenvalue weighted by atomic mass is 19.2. The smallest absolute Gasteiger partial charge is 0.307 e. The van der Waals surface area contributed by atoms with Gasteiger partial charge in [-0.2, -0.15) is 5.10 Å². The lowest BCUT2D eigenvalue weighted by Crippen LogP contribution is -2.25. The van der Waals surface area contributed by atoms with Gasteiger partial charge >= 0.3 is 6.03 Å². The maximum Gasteiger partial charge on any atom is 0.339 e. The molecule has 0 aromatic heterocycles. The molecule has 0 aliphatic carbocycles. The Labute approximate surface area is 120 Å². The molecule has 21 heavy (non-hydrogen) atoms. The van der Waals surface area contributed by atoms with Gasteiger partial charge in [0.2, 0.25) is 0 Å². The summed E-state index contributed by atoms with van der Waals surface area (Å²) in [6.07, 6.45) is 0. The number of rotatable bonds is 3. The average molecular weight is 289 g/mol. The van der Waals surface area contributed by atoms with Crippen molar-refractivity contribution in [2.24, 2.45) is 5.10 Å². The topological polar surface area (TPSA) is 53.5 Å². The minimum atomic E-state index is -0.962. The molecule has 2 N–H and O–H groups in total. The van der Waals surface area contributed by atoms with E-state index in [4.69, 9.17) is 0 Å². The van der Waals surface area contributed by atoms with Crippen molar-refractivity contribution in [3.63, 3.8) is 0 Å². The largest absolute Gasteiger partial charge is 0.339 e. The van der Waals surface area contributed by atoms with Gasteiger partial charge in [-0.3, -0.25) is 0 Å². The van der Waals surface area contributed by atoms with E-state index in [9.17, 15) is 13.6 Å². The predicted molar refractivity (Wildman–Crippen MR) is 77.2 cm³/mol. The molecule has 0 aliphatic heterocycles. The van der Waals surface area contributed by atoms with Crippen molar-refractivity contribution in [1.29, 1.82) is 0 Å². The van der Waals surface area contributed by atoms with Gasteiger partial charge in [0.05, 0.1) is 5.71 Å². The third-order valence-electron chi connectivity index (χ3n) is 2.69. The summed E-state index contributed by atoms with van der Waals surface area (Å²) in [6.45, 7) is 1.58. The first-order chi connectivity index (χ1) is 10.1. The number of hydrogen-bond donors (Lipinski definition) is 2. The molecule has 0 heterocycles. The molecule has 2 aromatic carbocycles. The first-order valence-corrected chi connectivity index (χ1v) is 6.18. The molecule has 2 rings (SSSR count). The number of nitrogens with zero attached hydrogens (tertiary/aromatic N) is 1. The average Bonchev–Trinajstić information content (AvgIpc) is 2.48. The Morgan fingerprint density at radius 2 is 1.76 bits per heavy atom.